The first-order valence-corrected chi connectivity index (χ1v) is 8.18. The zero-order chi connectivity index (χ0) is 14.7. The Bertz CT molecular complexity index is 622. The molecule has 0 unspecified atom stereocenters. The first-order valence-electron chi connectivity index (χ1n) is 6.42. The van der Waals surface area contributed by atoms with Crippen molar-refractivity contribution in [2.45, 2.75) is 37.3 Å². The maximum atomic E-state index is 12.2. The highest BCUT2D eigenvalue weighted by Crippen LogP contribution is 2.27. The molecule has 0 fully saturated rings. The Morgan fingerprint density at radius 3 is 2.75 bits per heavy atom. The Labute approximate surface area is 127 Å². The standard InChI is InChI=1S/C15H18N2OS2/c1-9-5-6-10(2)13(7-9)17-14(18)12(4)20-15-16-11(3)8-19-15/h5-8,12H,1-4H3,(H,17,18)/t12-/m0/s1. The number of aromatic nitrogens is 1. The lowest BCUT2D eigenvalue weighted by Crippen LogP contribution is -2.22. The summed E-state index contributed by atoms with van der Waals surface area (Å²) in [6.45, 7) is 7.88. The van der Waals surface area contributed by atoms with Gasteiger partial charge in [-0.25, -0.2) is 4.98 Å². The summed E-state index contributed by atoms with van der Waals surface area (Å²) in [5.41, 5.74) is 4.10. The van der Waals surface area contributed by atoms with Crippen molar-refractivity contribution in [3.63, 3.8) is 0 Å². The van der Waals surface area contributed by atoms with Crippen LogP contribution in [-0.2, 0) is 4.79 Å². The molecule has 0 saturated carbocycles. The van der Waals surface area contributed by atoms with Gasteiger partial charge in [-0.1, -0.05) is 23.9 Å². The van der Waals surface area contributed by atoms with Crippen LogP contribution in [0.3, 0.4) is 0 Å². The largest absolute Gasteiger partial charge is 0.325 e. The smallest absolute Gasteiger partial charge is 0.237 e. The molecule has 1 amide bonds. The number of aryl methyl sites for hydroxylation is 3. The number of rotatable bonds is 4. The highest BCUT2D eigenvalue weighted by Gasteiger charge is 2.17. The van der Waals surface area contributed by atoms with Gasteiger partial charge in [-0.3, -0.25) is 4.79 Å². The second-order valence-electron chi connectivity index (χ2n) is 4.82. The van der Waals surface area contributed by atoms with Gasteiger partial charge in [-0.15, -0.1) is 11.3 Å². The summed E-state index contributed by atoms with van der Waals surface area (Å²) in [4.78, 5) is 16.6. The van der Waals surface area contributed by atoms with E-state index in [0.29, 0.717) is 0 Å². The van der Waals surface area contributed by atoms with E-state index in [-0.39, 0.29) is 11.2 Å². The van der Waals surface area contributed by atoms with Gasteiger partial charge >= 0.3 is 0 Å². The summed E-state index contributed by atoms with van der Waals surface area (Å²) in [5, 5.41) is 4.83. The molecule has 20 heavy (non-hydrogen) atoms. The van der Waals surface area contributed by atoms with Crippen LogP contribution in [0.25, 0.3) is 0 Å². The van der Waals surface area contributed by atoms with Crippen molar-refractivity contribution in [2.75, 3.05) is 5.32 Å². The lowest BCUT2D eigenvalue weighted by molar-refractivity contribution is -0.115. The number of carbonyl (C=O) groups excluding carboxylic acids is 1. The summed E-state index contributed by atoms with van der Waals surface area (Å²) >= 11 is 3.08. The highest BCUT2D eigenvalue weighted by atomic mass is 32.2. The fourth-order valence-corrected chi connectivity index (χ4v) is 3.68. The Morgan fingerprint density at radius 1 is 1.35 bits per heavy atom. The van der Waals surface area contributed by atoms with E-state index in [2.05, 4.69) is 10.3 Å². The third-order valence-electron chi connectivity index (χ3n) is 2.90. The number of thiazole rings is 1. The molecule has 0 radical (unpaired) electrons. The molecule has 1 atom stereocenters. The van der Waals surface area contributed by atoms with Crippen molar-refractivity contribution in [3.05, 3.63) is 40.4 Å². The van der Waals surface area contributed by atoms with Crippen LogP contribution in [0.15, 0.2) is 27.9 Å². The van der Waals surface area contributed by atoms with E-state index >= 15 is 0 Å². The molecule has 0 bridgehead atoms. The van der Waals surface area contributed by atoms with Gasteiger partial charge in [-0.2, -0.15) is 0 Å². The monoisotopic (exact) mass is 306 g/mol. The molecule has 106 valence electrons. The quantitative estimate of drug-likeness (QED) is 0.861. The highest BCUT2D eigenvalue weighted by molar-refractivity contribution is 8.02. The lowest BCUT2D eigenvalue weighted by atomic mass is 10.1. The molecule has 1 aromatic carbocycles. The number of hydrogen-bond acceptors (Lipinski definition) is 4. The van der Waals surface area contributed by atoms with E-state index in [1.807, 2.05) is 51.3 Å². The van der Waals surface area contributed by atoms with Gasteiger partial charge in [0.25, 0.3) is 0 Å². The molecule has 2 aromatic rings. The van der Waals surface area contributed by atoms with Gasteiger partial charge in [-0.05, 0) is 44.9 Å². The van der Waals surface area contributed by atoms with Crippen LogP contribution in [0.1, 0.15) is 23.7 Å². The summed E-state index contributed by atoms with van der Waals surface area (Å²) in [6.07, 6.45) is 0. The Morgan fingerprint density at radius 2 is 2.10 bits per heavy atom. The summed E-state index contributed by atoms with van der Waals surface area (Å²) < 4.78 is 0.936. The minimum absolute atomic E-state index is 0.0107. The maximum absolute atomic E-state index is 12.2. The van der Waals surface area contributed by atoms with E-state index in [4.69, 9.17) is 0 Å². The second kappa shape index (κ2) is 6.41. The number of benzene rings is 1. The summed E-state index contributed by atoms with van der Waals surface area (Å²) in [5.74, 6) is 0.0107. The molecular formula is C15H18N2OS2. The van der Waals surface area contributed by atoms with Crippen LogP contribution in [0.2, 0.25) is 0 Å². The predicted molar refractivity (Wildman–Crippen MR) is 86.7 cm³/mol. The summed E-state index contributed by atoms with van der Waals surface area (Å²) in [7, 11) is 0. The van der Waals surface area contributed by atoms with Crippen molar-refractivity contribution >= 4 is 34.7 Å². The number of hydrogen-bond donors (Lipinski definition) is 1. The lowest BCUT2D eigenvalue weighted by Gasteiger charge is -2.13. The van der Waals surface area contributed by atoms with Gasteiger partial charge < -0.3 is 5.32 Å². The Kier molecular flexibility index (Phi) is 4.83. The topological polar surface area (TPSA) is 42.0 Å². The first-order chi connectivity index (χ1) is 9.45. The predicted octanol–water partition coefficient (Wildman–Crippen LogP) is 4.19. The van der Waals surface area contributed by atoms with Crippen molar-refractivity contribution in [3.8, 4) is 0 Å². The number of thioether (sulfide) groups is 1. The average molecular weight is 306 g/mol. The molecule has 1 N–H and O–H groups in total. The van der Waals surface area contributed by atoms with Crippen molar-refractivity contribution in [2.24, 2.45) is 0 Å². The molecule has 3 nitrogen and oxygen atoms in total. The molecule has 0 saturated heterocycles. The Hall–Kier alpha value is -1.33. The number of nitrogens with one attached hydrogen (secondary N) is 1. The van der Waals surface area contributed by atoms with Crippen LogP contribution in [0, 0.1) is 20.8 Å². The molecule has 0 aliphatic carbocycles. The molecule has 1 aromatic heterocycles. The first kappa shape index (κ1) is 15.1. The van der Waals surface area contributed by atoms with Gasteiger partial charge in [0.1, 0.15) is 0 Å². The SMILES string of the molecule is Cc1ccc(C)c(NC(=O)[C@H](C)Sc2nc(C)cs2)c1. The second-order valence-corrected chi connectivity index (χ2v) is 7.27. The maximum Gasteiger partial charge on any atom is 0.237 e. The molecular weight excluding hydrogens is 288 g/mol. The molecule has 5 heteroatoms. The van der Waals surface area contributed by atoms with Gasteiger partial charge in [0.05, 0.1) is 5.25 Å². The van der Waals surface area contributed by atoms with E-state index < -0.39 is 0 Å². The van der Waals surface area contributed by atoms with Crippen molar-refractivity contribution in [1.82, 2.24) is 4.98 Å². The number of carbonyl (C=O) groups is 1. The number of amides is 1. The van der Waals surface area contributed by atoms with Gasteiger partial charge in [0.2, 0.25) is 5.91 Å². The van der Waals surface area contributed by atoms with Crippen LogP contribution in [-0.4, -0.2) is 16.1 Å². The molecule has 1 heterocycles. The zero-order valence-electron chi connectivity index (χ0n) is 12.1. The Balaban J connectivity index is 2.02. The zero-order valence-corrected chi connectivity index (χ0v) is 13.7. The van der Waals surface area contributed by atoms with Crippen LogP contribution < -0.4 is 5.32 Å². The minimum Gasteiger partial charge on any atom is -0.325 e. The van der Waals surface area contributed by atoms with Crippen LogP contribution in [0.4, 0.5) is 5.69 Å². The normalized spacial score (nSPS) is 12.2. The van der Waals surface area contributed by atoms with E-state index in [1.165, 1.54) is 11.8 Å². The molecule has 0 aliphatic heterocycles. The van der Waals surface area contributed by atoms with Gasteiger partial charge in [0.15, 0.2) is 4.34 Å². The van der Waals surface area contributed by atoms with E-state index in [0.717, 1.165) is 26.8 Å². The van der Waals surface area contributed by atoms with Crippen molar-refractivity contribution < 1.29 is 4.79 Å². The third-order valence-corrected chi connectivity index (χ3v) is 5.09. The van der Waals surface area contributed by atoms with Gasteiger partial charge in [0, 0.05) is 16.8 Å². The van der Waals surface area contributed by atoms with Crippen LogP contribution in [0.5, 0.6) is 0 Å². The van der Waals surface area contributed by atoms with E-state index in [9.17, 15) is 4.79 Å². The van der Waals surface area contributed by atoms with Crippen molar-refractivity contribution in [1.29, 1.82) is 0 Å². The average Bonchev–Trinajstić information content (AvgIpc) is 2.79. The number of nitrogens with zero attached hydrogens (tertiary/aromatic N) is 1. The van der Waals surface area contributed by atoms with Crippen LogP contribution >= 0.6 is 23.1 Å². The molecule has 0 aliphatic rings. The minimum atomic E-state index is -0.166. The summed E-state index contributed by atoms with van der Waals surface area (Å²) in [6, 6.07) is 6.06. The fraction of sp³-hybridized carbons (Fsp3) is 0.333. The number of anilines is 1. The fourth-order valence-electron chi connectivity index (χ4n) is 1.70. The van der Waals surface area contributed by atoms with E-state index in [1.54, 1.807) is 11.3 Å². The molecule has 2 rings (SSSR count). The third kappa shape index (κ3) is 3.84. The molecule has 0 spiro atoms.